The maximum absolute atomic E-state index is 12.0. The highest BCUT2D eigenvalue weighted by molar-refractivity contribution is 7.92. The van der Waals surface area contributed by atoms with Gasteiger partial charge >= 0.3 is 0 Å². The van der Waals surface area contributed by atoms with Crippen molar-refractivity contribution in [3.8, 4) is 0 Å². The highest BCUT2D eigenvalue weighted by Crippen LogP contribution is 2.15. The smallest absolute Gasteiger partial charge is 0.261 e. The van der Waals surface area contributed by atoms with Crippen LogP contribution in [0.4, 0.5) is 5.69 Å². The highest BCUT2D eigenvalue weighted by Gasteiger charge is 2.13. The Hall–Kier alpha value is -2.14. The van der Waals surface area contributed by atoms with Gasteiger partial charge in [-0.3, -0.25) is 9.52 Å². The zero-order chi connectivity index (χ0) is 13.0. The molecular formula is C13H11NO3S. The van der Waals surface area contributed by atoms with E-state index in [2.05, 4.69) is 4.72 Å². The number of nitrogens with one attached hydrogen (secondary N) is 1. The molecule has 5 heteroatoms. The highest BCUT2D eigenvalue weighted by atomic mass is 32.2. The summed E-state index contributed by atoms with van der Waals surface area (Å²) >= 11 is 0. The van der Waals surface area contributed by atoms with E-state index >= 15 is 0 Å². The maximum atomic E-state index is 12.0. The fraction of sp³-hybridized carbons (Fsp3) is 0. The van der Waals surface area contributed by atoms with Gasteiger partial charge in [-0.2, -0.15) is 0 Å². The second-order valence-electron chi connectivity index (χ2n) is 3.66. The van der Waals surface area contributed by atoms with Crippen molar-refractivity contribution >= 4 is 22.0 Å². The van der Waals surface area contributed by atoms with Gasteiger partial charge in [0, 0.05) is 11.3 Å². The third-order valence-electron chi connectivity index (χ3n) is 2.35. The first kappa shape index (κ1) is 12.3. The first-order valence-electron chi connectivity index (χ1n) is 5.25. The molecule has 0 atom stereocenters. The monoisotopic (exact) mass is 261 g/mol. The van der Waals surface area contributed by atoms with Gasteiger partial charge in [-0.15, -0.1) is 0 Å². The van der Waals surface area contributed by atoms with E-state index in [9.17, 15) is 13.2 Å². The molecule has 0 fully saturated rings. The summed E-state index contributed by atoms with van der Waals surface area (Å²) in [4.78, 5) is 10.6. The summed E-state index contributed by atoms with van der Waals surface area (Å²) in [5.41, 5.74) is 0.936. The lowest BCUT2D eigenvalue weighted by molar-refractivity contribution is 0.112. The van der Waals surface area contributed by atoms with Gasteiger partial charge in [-0.1, -0.05) is 30.3 Å². The quantitative estimate of drug-likeness (QED) is 0.859. The standard InChI is InChI=1S/C13H11NO3S/c15-10-11-6-8-13(9-7-11)18(16,17)14-12-4-2-1-3-5-12/h1-10,14H. The zero-order valence-electron chi connectivity index (χ0n) is 9.41. The molecule has 0 spiro atoms. The van der Waals surface area contributed by atoms with Gasteiger partial charge in [-0.25, -0.2) is 8.42 Å². The number of para-hydroxylation sites is 1. The Bertz CT molecular complexity index is 634. The average Bonchev–Trinajstić information content (AvgIpc) is 2.39. The van der Waals surface area contributed by atoms with Crippen molar-refractivity contribution < 1.29 is 13.2 Å². The number of carbonyl (C=O) groups excluding carboxylic acids is 1. The topological polar surface area (TPSA) is 63.2 Å². The molecule has 0 heterocycles. The number of carbonyl (C=O) groups is 1. The zero-order valence-corrected chi connectivity index (χ0v) is 10.2. The van der Waals surface area contributed by atoms with Crippen molar-refractivity contribution in [2.45, 2.75) is 4.90 Å². The van der Waals surface area contributed by atoms with Crippen LogP contribution in [0.15, 0.2) is 59.5 Å². The van der Waals surface area contributed by atoms with E-state index in [0.717, 1.165) is 0 Å². The molecule has 1 N–H and O–H groups in total. The molecule has 0 aliphatic heterocycles. The third-order valence-corrected chi connectivity index (χ3v) is 3.75. The van der Waals surface area contributed by atoms with Crippen LogP contribution in [0.2, 0.25) is 0 Å². The summed E-state index contributed by atoms with van der Waals surface area (Å²) in [6.07, 6.45) is 0.668. The largest absolute Gasteiger partial charge is 0.298 e. The van der Waals surface area contributed by atoms with Crippen LogP contribution in [0.5, 0.6) is 0 Å². The fourth-order valence-electron chi connectivity index (χ4n) is 1.45. The van der Waals surface area contributed by atoms with E-state index in [1.54, 1.807) is 30.3 Å². The number of hydrogen-bond donors (Lipinski definition) is 1. The van der Waals surface area contributed by atoms with Gasteiger partial charge in [0.15, 0.2) is 0 Å². The lowest BCUT2D eigenvalue weighted by Crippen LogP contribution is -2.12. The Kier molecular flexibility index (Phi) is 3.43. The van der Waals surface area contributed by atoms with Crippen LogP contribution in [0.3, 0.4) is 0 Å². The minimum atomic E-state index is -3.60. The van der Waals surface area contributed by atoms with Crippen LogP contribution in [-0.4, -0.2) is 14.7 Å². The van der Waals surface area contributed by atoms with Crippen LogP contribution in [0, 0.1) is 0 Å². The van der Waals surface area contributed by atoms with Crippen LogP contribution in [0.25, 0.3) is 0 Å². The molecule has 0 aromatic heterocycles. The Morgan fingerprint density at radius 2 is 1.50 bits per heavy atom. The number of rotatable bonds is 4. The third kappa shape index (κ3) is 2.75. The van der Waals surface area contributed by atoms with E-state index in [1.807, 2.05) is 0 Å². The van der Waals surface area contributed by atoms with Crippen LogP contribution in [0.1, 0.15) is 10.4 Å². The number of aldehydes is 1. The Morgan fingerprint density at radius 1 is 0.889 bits per heavy atom. The van der Waals surface area contributed by atoms with Crippen molar-refractivity contribution in [2.75, 3.05) is 4.72 Å². The molecular weight excluding hydrogens is 250 g/mol. The Balaban J connectivity index is 2.28. The number of benzene rings is 2. The molecule has 0 radical (unpaired) electrons. The molecule has 2 aromatic rings. The van der Waals surface area contributed by atoms with Gasteiger partial charge in [0.05, 0.1) is 4.90 Å². The minimum Gasteiger partial charge on any atom is -0.298 e. The molecule has 2 aromatic carbocycles. The van der Waals surface area contributed by atoms with Crippen molar-refractivity contribution in [1.82, 2.24) is 0 Å². The molecule has 92 valence electrons. The first-order chi connectivity index (χ1) is 8.62. The van der Waals surface area contributed by atoms with Crippen LogP contribution >= 0.6 is 0 Å². The predicted molar refractivity (Wildman–Crippen MR) is 69.1 cm³/mol. The lowest BCUT2D eigenvalue weighted by atomic mass is 10.2. The summed E-state index contributed by atoms with van der Waals surface area (Å²) in [6.45, 7) is 0. The summed E-state index contributed by atoms with van der Waals surface area (Å²) in [7, 11) is -3.60. The van der Waals surface area contributed by atoms with Crippen LogP contribution < -0.4 is 4.72 Å². The first-order valence-corrected chi connectivity index (χ1v) is 6.73. The molecule has 2 rings (SSSR count). The molecule has 0 aliphatic carbocycles. The summed E-state index contributed by atoms with van der Waals surface area (Å²) in [5, 5.41) is 0. The second kappa shape index (κ2) is 5.01. The Morgan fingerprint density at radius 3 is 2.06 bits per heavy atom. The van der Waals surface area contributed by atoms with E-state index in [0.29, 0.717) is 17.5 Å². The van der Waals surface area contributed by atoms with Gasteiger partial charge < -0.3 is 0 Å². The van der Waals surface area contributed by atoms with E-state index in [-0.39, 0.29) is 4.90 Å². The molecule has 0 saturated heterocycles. The van der Waals surface area contributed by atoms with Crippen molar-refractivity contribution in [2.24, 2.45) is 0 Å². The van der Waals surface area contributed by atoms with Crippen molar-refractivity contribution in [3.63, 3.8) is 0 Å². The van der Waals surface area contributed by atoms with Gasteiger partial charge in [0.1, 0.15) is 6.29 Å². The maximum Gasteiger partial charge on any atom is 0.261 e. The van der Waals surface area contributed by atoms with Crippen molar-refractivity contribution in [1.29, 1.82) is 0 Å². The molecule has 18 heavy (non-hydrogen) atoms. The number of hydrogen-bond acceptors (Lipinski definition) is 3. The van der Waals surface area contributed by atoms with E-state index in [4.69, 9.17) is 0 Å². The second-order valence-corrected chi connectivity index (χ2v) is 5.34. The molecule has 0 aliphatic rings. The van der Waals surface area contributed by atoms with Crippen LogP contribution in [-0.2, 0) is 10.0 Å². The van der Waals surface area contributed by atoms with Gasteiger partial charge in [0.25, 0.3) is 10.0 Å². The van der Waals surface area contributed by atoms with Crippen molar-refractivity contribution in [3.05, 3.63) is 60.2 Å². The minimum absolute atomic E-state index is 0.122. The fourth-order valence-corrected chi connectivity index (χ4v) is 2.50. The number of anilines is 1. The van der Waals surface area contributed by atoms with Gasteiger partial charge in [0.2, 0.25) is 0 Å². The molecule has 0 unspecified atom stereocenters. The van der Waals surface area contributed by atoms with E-state index < -0.39 is 10.0 Å². The summed E-state index contributed by atoms with van der Waals surface area (Å²) in [6, 6.07) is 14.3. The lowest BCUT2D eigenvalue weighted by Gasteiger charge is -2.07. The molecule has 0 bridgehead atoms. The van der Waals surface area contributed by atoms with E-state index in [1.165, 1.54) is 24.3 Å². The summed E-state index contributed by atoms with van der Waals surface area (Å²) in [5.74, 6) is 0. The predicted octanol–water partition coefficient (Wildman–Crippen LogP) is 2.30. The summed E-state index contributed by atoms with van der Waals surface area (Å²) < 4.78 is 26.5. The molecule has 0 amide bonds. The Labute approximate surface area is 105 Å². The number of sulfonamides is 1. The average molecular weight is 261 g/mol. The van der Waals surface area contributed by atoms with Gasteiger partial charge in [-0.05, 0) is 24.3 Å². The SMILES string of the molecule is O=Cc1ccc(S(=O)(=O)Nc2ccccc2)cc1. The molecule has 0 saturated carbocycles. The normalized spacial score (nSPS) is 10.9. The molecule has 4 nitrogen and oxygen atoms in total.